The fourth-order valence-corrected chi connectivity index (χ4v) is 4.66. The van der Waals surface area contributed by atoms with Gasteiger partial charge >= 0.3 is 29.6 Å². The van der Waals surface area contributed by atoms with E-state index in [1.165, 1.54) is 17.0 Å². The number of amides is 2. The predicted molar refractivity (Wildman–Crippen MR) is 152 cm³/mol. The van der Waals surface area contributed by atoms with E-state index in [1.54, 1.807) is 55.5 Å². The first kappa shape index (κ1) is 34.7. The van der Waals surface area contributed by atoms with Gasteiger partial charge in [-0.2, -0.15) is 0 Å². The van der Waals surface area contributed by atoms with Crippen molar-refractivity contribution < 1.29 is 69.1 Å². The maximum Gasteiger partial charge on any atom is 1.00 e. The molecular formula is C29H33N6NaO8. The minimum absolute atomic E-state index is 0. The molecule has 1 aliphatic heterocycles. The second-order valence-electron chi connectivity index (χ2n) is 10.3. The molecular weight excluding hydrogens is 583 g/mol. The molecule has 0 radical (unpaired) electrons. The molecule has 0 saturated heterocycles. The molecule has 1 aliphatic rings. The van der Waals surface area contributed by atoms with Crippen molar-refractivity contribution in [3.05, 3.63) is 72.1 Å². The van der Waals surface area contributed by atoms with Crippen molar-refractivity contribution in [2.45, 2.75) is 31.3 Å². The molecule has 2 heterocycles. The van der Waals surface area contributed by atoms with Crippen LogP contribution in [0.25, 0.3) is 11.3 Å². The average molecular weight is 617 g/mol. The summed E-state index contributed by atoms with van der Waals surface area (Å²) in [6.45, 7) is 0.618. The first-order chi connectivity index (χ1) is 20.5. The van der Waals surface area contributed by atoms with E-state index in [4.69, 9.17) is 4.74 Å². The van der Waals surface area contributed by atoms with Gasteiger partial charge in [-0.25, -0.2) is 4.68 Å². The number of carboxylic acids is 1. The fourth-order valence-electron chi connectivity index (χ4n) is 4.66. The van der Waals surface area contributed by atoms with Crippen molar-refractivity contribution >= 4 is 29.2 Å². The zero-order chi connectivity index (χ0) is 31.3. The van der Waals surface area contributed by atoms with Gasteiger partial charge in [-0.1, -0.05) is 30.3 Å². The van der Waals surface area contributed by atoms with Crippen LogP contribution in [-0.2, 0) is 14.3 Å². The minimum Gasteiger partial charge on any atom is -0.542 e. The molecule has 14 nitrogen and oxygen atoms in total. The fraction of sp³-hybridized carbons (Fsp3) is 0.345. The number of aliphatic hydroxyl groups is 3. The summed E-state index contributed by atoms with van der Waals surface area (Å²) in [4.78, 5) is 38.8. The molecule has 1 aromatic heterocycles. The maximum absolute atomic E-state index is 12.7. The smallest absolute Gasteiger partial charge is 0.542 e. The molecule has 44 heavy (non-hydrogen) atoms. The van der Waals surface area contributed by atoms with E-state index in [1.807, 2.05) is 19.0 Å². The summed E-state index contributed by atoms with van der Waals surface area (Å²) in [5, 5.41) is 55.0. The van der Waals surface area contributed by atoms with E-state index in [9.17, 15) is 34.8 Å². The molecule has 4 rings (SSSR count). The van der Waals surface area contributed by atoms with Crippen molar-refractivity contribution in [2.75, 3.05) is 37.5 Å². The molecule has 2 amide bonds. The Labute approximate surface area is 275 Å². The summed E-state index contributed by atoms with van der Waals surface area (Å²) < 4.78 is 6.74. The Kier molecular flexibility index (Phi) is 12.0. The van der Waals surface area contributed by atoms with Crippen LogP contribution in [0.1, 0.15) is 23.3 Å². The SMILES string of the molecule is C[C@H]1[C@H]([C@H](O)[C@H](O)CO)OC(C(=O)[O-])=C[C@@H]1n1cc(-c2ccccc2NC(=O)CNC(=O)c2ccc(N(C)C)cc2)nn1.[Na+]. The number of nitrogens with zero attached hydrogens (tertiary/aromatic N) is 4. The molecule has 0 fully saturated rings. The number of carbonyl (C=O) groups is 3. The van der Waals surface area contributed by atoms with E-state index >= 15 is 0 Å². The molecule has 15 heteroatoms. The van der Waals surface area contributed by atoms with Crippen LogP contribution in [-0.4, -0.2) is 93.7 Å². The zero-order valence-electron chi connectivity index (χ0n) is 24.7. The third-order valence-electron chi connectivity index (χ3n) is 7.11. The van der Waals surface area contributed by atoms with Gasteiger partial charge < -0.3 is 45.5 Å². The molecule has 2 aromatic carbocycles. The van der Waals surface area contributed by atoms with Gasteiger partial charge in [-0.15, -0.1) is 5.10 Å². The number of hydrogen-bond acceptors (Lipinski definition) is 11. The monoisotopic (exact) mass is 616 g/mol. The normalized spacial score (nSPS) is 19.0. The number of rotatable bonds is 11. The van der Waals surface area contributed by atoms with Crippen LogP contribution in [0.4, 0.5) is 11.4 Å². The van der Waals surface area contributed by atoms with Gasteiger partial charge in [0.25, 0.3) is 5.91 Å². The molecule has 0 aliphatic carbocycles. The maximum atomic E-state index is 12.7. The van der Waals surface area contributed by atoms with Gasteiger partial charge in [0.2, 0.25) is 5.91 Å². The number of carbonyl (C=O) groups excluding carboxylic acids is 3. The quantitative estimate of drug-likeness (QED) is 0.133. The molecule has 5 N–H and O–H groups in total. The number of ether oxygens (including phenoxy) is 1. The minimum atomic E-state index is -1.63. The Morgan fingerprint density at radius 2 is 1.80 bits per heavy atom. The van der Waals surface area contributed by atoms with Crippen molar-refractivity contribution in [2.24, 2.45) is 5.92 Å². The molecule has 228 valence electrons. The van der Waals surface area contributed by atoms with Crippen LogP contribution >= 0.6 is 0 Å². The van der Waals surface area contributed by atoms with Crippen LogP contribution in [0.15, 0.2) is 66.6 Å². The number of para-hydroxylation sites is 1. The second-order valence-corrected chi connectivity index (χ2v) is 10.3. The molecule has 0 unspecified atom stereocenters. The van der Waals surface area contributed by atoms with Gasteiger partial charge in [0.1, 0.15) is 35.7 Å². The molecule has 3 aromatic rings. The third-order valence-corrected chi connectivity index (χ3v) is 7.11. The Morgan fingerprint density at radius 1 is 1.11 bits per heavy atom. The summed E-state index contributed by atoms with van der Waals surface area (Å²) >= 11 is 0. The topological polar surface area (TPSA) is 202 Å². The molecule has 0 spiro atoms. The van der Waals surface area contributed by atoms with Gasteiger partial charge in [-0.3, -0.25) is 9.59 Å². The van der Waals surface area contributed by atoms with Gasteiger partial charge in [0.15, 0.2) is 0 Å². The zero-order valence-corrected chi connectivity index (χ0v) is 26.7. The first-order valence-corrected chi connectivity index (χ1v) is 13.4. The Morgan fingerprint density at radius 3 is 2.43 bits per heavy atom. The number of allylic oxidation sites excluding steroid dienone is 1. The number of carboxylic acid groups (broad SMARTS) is 1. The predicted octanol–water partition coefficient (Wildman–Crippen LogP) is -3.69. The number of benzene rings is 2. The number of aliphatic carboxylic acids is 1. The standard InChI is InChI=1S/C29H34N6O8.Na/c1-16-22(12-24(29(41)42)43-27(16)26(39)23(37)15-36)35-14-21(32-33-35)19-6-4-5-7-20(19)31-25(38)13-30-28(40)17-8-10-18(11-9-17)34(2)3;/h4-12,14,16,22-23,26-27,36-37,39H,13,15H2,1-3H3,(H,30,40)(H,31,38)(H,41,42);/q;+1/p-1/t16-,22+,23-,26-,27-;/m1./s1. The summed E-state index contributed by atoms with van der Waals surface area (Å²) in [6.07, 6.45) is -1.57. The molecule has 5 atom stereocenters. The van der Waals surface area contributed by atoms with Gasteiger partial charge in [0, 0.05) is 36.8 Å². The largest absolute Gasteiger partial charge is 1.00 e. The van der Waals surface area contributed by atoms with E-state index in [0.29, 0.717) is 22.5 Å². The third kappa shape index (κ3) is 8.02. The average Bonchev–Trinajstić information content (AvgIpc) is 3.49. The van der Waals surface area contributed by atoms with Crippen LogP contribution in [0.3, 0.4) is 0 Å². The van der Waals surface area contributed by atoms with Crippen molar-refractivity contribution in [3.8, 4) is 11.3 Å². The van der Waals surface area contributed by atoms with E-state index in [2.05, 4.69) is 20.9 Å². The van der Waals surface area contributed by atoms with Crippen LogP contribution in [0.5, 0.6) is 0 Å². The first-order valence-electron chi connectivity index (χ1n) is 13.4. The van der Waals surface area contributed by atoms with Crippen LogP contribution in [0.2, 0.25) is 0 Å². The second kappa shape index (κ2) is 15.3. The van der Waals surface area contributed by atoms with E-state index in [-0.39, 0.29) is 36.1 Å². The number of aliphatic hydroxyl groups excluding tert-OH is 3. The van der Waals surface area contributed by atoms with Crippen LogP contribution < -0.4 is 50.2 Å². The number of aromatic nitrogens is 3. The number of anilines is 2. The Balaban J connectivity index is 0.00000529. The summed E-state index contributed by atoms with van der Waals surface area (Å²) in [5.41, 5.74) is 2.59. The van der Waals surface area contributed by atoms with Crippen molar-refractivity contribution in [3.63, 3.8) is 0 Å². The van der Waals surface area contributed by atoms with Gasteiger partial charge in [0.05, 0.1) is 31.1 Å². The summed E-state index contributed by atoms with van der Waals surface area (Å²) in [7, 11) is 3.78. The Hall–Kier alpha value is -3.79. The van der Waals surface area contributed by atoms with E-state index in [0.717, 1.165) is 5.69 Å². The van der Waals surface area contributed by atoms with E-state index < -0.39 is 60.4 Å². The summed E-state index contributed by atoms with van der Waals surface area (Å²) in [5.74, 6) is -3.68. The summed E-state index contributed by atoms with van der Waals surface area (Å²) in [6, 6.07) is 13.0. The van der Waals surface area contributed by atoms with Crippen LogP contribution in [0, 0.1) is 5.92 Å². The van der Waals surface area contributed by atoms with Crippen molar-refractivity contribution in [1.82, 2.24) is 20.3 Å². The number of hydrogen-bond donors (Lipinski definition) is 5. The van der Waals surface area contributed by atoms with Crippen molar-refractivity contribution in [1.29, 1.82) is 0 Å². The van der Waals surface area contributed by atoms with Gasteiger partial charge in [-0.05, 0) is 36.4 Å². The number of nitrogens with one attached hydrogen (secondary N) is 2. The molecule has 0 saturated carbocycles. The Bertz CT molecular complexity index is 1490. The molecule has 0 bridgehead atoms.